The predicted molar refractivity (Wildman–Crippen MR) is 88.0 cm³/mol. The van der Waals surface area contributed by atoms with Gasteiger partial charge in [-0.1, -0.05) is 30.3 Å². The number of carbonyl (C=O) groups excluding carboxylic acids is 2. The number of hydrogen-bond acceptors (Lipinski definition) is 5. The fourth-order valence-corrected chi connectivity index (χ4v) is 3.21. The lowest BCUT2D eigenvalue weighted by atomic mass is 10.1. The number of ketones is 1. The van der Waals surface area contributed by atoms with Gasteiger partial charge in [0.25, 0.3) is 0 Å². The molecule has 118 valence electrons. The third-order valence-electron chi connectivity index (χ3n) is 3.45. The molecule has 0 saturated heterocycles. The van der Waals surface area contributed by atoms with Crippen LogP contribution in [0.1, 0.15) is 20.8 Å². The highest BCUT2D eigenvalue weighted by Crippen LogP contribution is 2.26. The Balaban J connectivity index is 1.93. The van der Waals surface area contributed by atoms with Crippen LogP contribution in [0.15, 0.2) is 47.8 Å². The second kappa shape index (κ2) is 6.76. The monoisotopic (exact) mass is 329 g/mol. The van der Waals surface area contributed by atoms with Crippen molar-refractivity contribution in [3.05, 3.63) is 59.1 Å². The molecule has 6 heteroatoms. The number of nitrogens with zero attached hydrogens (tertiary/aromatic N) is 1. The molecule has 0 saturated carbocycles. The summed E-state index contributed by atoms with van der Waals surface area (Å²) in [4.78, 5) is 24.6. The number of aliphatic hydroxyl groups is 1. The average Bonchev–Trinajstić information content (AvgIpc) is 3.16. The summed E-state index contributed by atoms with van der Waals surface area (Å²) in [5, 5.41) is 10.7. The number of rotatable bonds is 6. The van der Waals surface area contributed by atoms with E-state index in [9.17, 15) is 9.59 Å². The zero-order chi connectivity index (χ0) is 16.2. The van der Waals surface area contributed by atoms with Crippen molar-refractivity contribution in [2.45, 2.75) is 6.54 Å². The minimum Gasteiger partial charge on any atom is -0.459 e. The second-order valence-corrected chi connectivity index (χ2v) is 5.88. The van der Waals surface area contributed by atoms with Crippen molar-refractivity contribution in [3.8, 4) is 0 Å². The molecular weight excluding hydrogens is 314 g/mol. The van der Waals surface area contributed by atoms with Gasteiger partial charge in [0.1, 0.15) is 12.3 Å². The number of hydrogen-bond donors (Lipinski definition) is 1. The SMILES string of the molecule is O=C(Cn1c(C(=O)OCCO)cc2sccc21)c1ccccc1. The fourth-order valence-electron chi connectivity index (χ4n) is 2.39. The Morgan fingerprint density at radius 1 is 1.17 bits per heavy atom. The highest BCUT2D eigenvalue weighted by molar-refractivity contribution is 7.17. The quantitative estimate of drug-likeness (QED) is 0.558. The van der Waals surface area contributed by atoms with Gasteiger partial charge in [-0.25, -0.2) is 4.79 Å². The van der Waals surface area contributed by atoms with Crippen molar-refractivity contribution in [2.75, 3.05) is 13.2 Å². The van der Waals surface area contributed by atoms with Crippen molar-refractivity contribution in [1.82, 2.24) is 4.57 Å². The van der Waals surface area contributed by atoms with Gasteiger partial charge >= 0.3 is 5.97 Å². The van der Waals surface area contributed by atoms with Crippen molar-refractivity contribution in [2.24, 2.45) is 0 Å². The summed E-state index contributed by atoms with van der Waals surface area (Å²) in [6, 6.07) is 12.6. The lowest BCUT2D eigenvalue weighted by molar-refractivity contribution is 0.0422. The number of aliphatic hydroxyl groups excluding tert-OH is 1. The van der Waals surface area contributed by atoms with Gasteiger partial charge in [-0.05, 0) is 17.5 Å². The maximum absolute atomic E-state index is 12.5. The number of Topliss-reactive ketones (excluding diaryl/α,β-unsaturated/α-hetero) is 1. The zero-order valence-electron chi connectivity index (χ0n) is 12.3. The van der Waals surface area contributed by atoms with Gasteiger partial charge in [0, 0.05) is 5.56 Å². The van der Waals surface area contributed by atoms with E-state index in [0.717, 1.165) is 10.2 Å². The van der Waals surface area contributed by atoms with Crippen molar-refractivity contribution >= 4 is 33.3 Å². The molecule has 5 nitrogen and oxygen atoms in total. The molecular formula is C17H15NO4S. The summed E-state index contributed by atoms with van der Waals surface area (Å²) in [6.07, 6.45) is 0. The molecule has 3 aromatic rings. The molecule has 0 aliphatic carbocycles. The van der Waals surface area contributed by atoms with Crippen LogP contribution >= 0.6 is 11.3 Å². The molecule has 2 heterocycles. The Bertz CT molecular complexity index is 835. The summed E-state index contributed by atoms with van der Waals surface area (Å²) >= 11 is 1.50. The topological polar surface area (TPSA) is 68.5 Å². The second-order valence-electron chi connectivity index (χ2n) is 4.93. The Kier molecular flexibility index (Phi) is 4.55. The third kappa shape index (κ3) is 3.18. The maximum Gasteiger partial charge on any atom is 0.355 e. The number of thiophene rings is 1. The standard InChI is InChI=1S/C17H15NO4S/c19-7-8-22-17(21)14-10-16-13(6-9-23-16)18(14)11-15(20)12-4-2-1-3-5-12/h1-6,9-10,19H,7-8,11H2. The van der Waals surface area contributed by atoms with Crippen LogP contribution < -0.4 is 0 Å². The van der Waals surface area contributed by atoms with E-state index in [4.69, 9.17) is 9.84 Å². The first kappa shape index (κ1) is 15.5. The summed E-state index contributed by atoms with van der Waals surface area (Å²) < 4.78 is 7.57. The number of aromatic nitrogens is 1. The molecule has 2 aromatic heterocycles. The molecule has 0 fully saturated rings. The Morgan fingerprint density at radius 2 is 1.96 bits per heavy atom. The van der Waals surface area contributed by atoms with Crippen LogP contribution in [0.5, 0.6) is 0 Å². The molecule has 0 amide bonds. The largest absolute Gasteiger partial charge is 0.459 e. The van der Waals surface area contributed by atoms with Crippen LogP contribution in [0.25, 0.3) is 10.2 Å². The van der Waals surface area contributed by atoms with Gasteiger partial charge in [0.15, 0.2) is 5.78 Å². The lowest BCUT2D eigenvalue weighted by Gasteiger charge is -2.09. The lowest BCUT2D eigenvalue weighted by Crippen LogP contribution is -2.18. The van der Waals surface area contributed by atoms with Gasteiger partial charge in [-0.2, -0.15) is 0 Å². The first-order valence-electron chi connectivity index (χ1n) is 7.13. The van der Waals surface area contributed by atoms with Crippen LogP contribution in [-0.4, -0.2) is 34.6 Å². The Morgan fingerprint density at radius 3 is 2.70 bits per heavy atom. The minimum atomic E-state index is -0.539. The summed E-state index contributed by atoms with van der Waals surface area (Å²) in [5.74, 6) is -0.617. The minimum absolute atomic E-state index is 0.0633. The van der Waals surface area contributed by atoms with Gasteiger partial charge in [0.05, 0.1) is 23.4 Å². The number of ether oxygens (including phenoxy) is 1. The van der Waals surface area contributed by atoms with E-state index in [-0.39, 0.29) is 25.5 Å². The zero-order valence-corrected chi connectivity index (χ0v) is 13.1. The number of fused-ring (bicyclic) bond motifs is 1. The number of carbonyl (C=O) groups is 2. The molecule has 0 radical (unpaired) electrons. The molecule has 0 aliphatic rings. The maximum atomic E-state index is 12.5. The van der Waals surface area contributed by atoms with E-state index in [2.05, 4.69) is 0 Å². The molecule has 0 aliphatic heterocycles. The van der Waals surface area contributed by atoms with Crippen LogP contribution in [0.2, 0.25) is 0 Å². The molecule has 0 bridgehead atoms. The van der Waals surface area contributed by atoms with Gasteiger partial charge < -0.3 is 14.4 Å². The van der Waals surface area contributed by atoms with Crippen molar-refractivity contribution in [1.29, 1.82) is 0 Å². The molecule has 1 aromatic carbocycles. The average molecular weight is 329 g/mol. The van der Waals surface area contributed by atoms with E-state index in [0.29, 0.717) is 11.3 Å². The normalized spacial score (nSPS) is 10.8. The van der Waals surface area contributed by atoms with Crippen LogP contribution in [0.4, 0.5) is 0 Å². The highest BCUT2D eigenvalue weighted by Gasteiger charge is 2.20. The first-order chi connectivity index (χ1) is 11.2. The molecule has 23 heavy (non-hydrogen) atoms. The third-order valence-corrected chi connectivity index (χ3v) is 4.31. The summed E-state index contributed by atoms with van der Waals surface area (Å²) in [6.45, 7) is -0.234. The van der Waals surface area contributed by atoms with Crippen LogP contribution in [-0.2, 0) is 11.3 Å². The first-order valence-corrected chi connectivity index (χ1v) is 8.01. The molecule has 0 unspecified atom stereocenters. The summed E-state index contributed by atoms with van der Waals surface area (Å²) in [5.41, 5.74) is 1.75. The molecule has 3 rings (SSSR count). The van der Waals surface area contributed by atoms with Gasteiger partial charge in [-0.3, -0.25) is 4.79 Å². The Hall–Kier alpha value is -2.44. The number of benzene rings is 1. The van der Waals surface area contributed by atoms with Crippen LogP contribution in [0.3, 0.4) is 0 Å². The predicted octanol–water partition coefficient (Wildman–Crippen LogP) is 2.73. The fraction of sp³-hybridized carbons (Fsp3) is 0.176. The molecule has 0 spiro atoms. The van der Waals surface area contributed by atoms with E-state index < -0.39 is 5.97 Å². The van der Waals surface area contributed by atoms with Crippen LogP contribution in [0, 0.1) is 0 Å². The number of esters is 1. The smallest absolute Gasteiger partial charge is 0.355 e. The summed E-state index contributed by atoms with van der Waals surface area (Å²) in [7, 11) is 0. The molecule has 0 atom stereocenters. The van der Waals surface area contributed by atoms with E-state index in [1.54, 1.807) is 34.9 Å². The Labute approximate surface area is 136 Å². The van der Waals surface area contributed by atoms with Gasteiger partial charge in [-0.15, -0.1) is 11.3 Å². The molecule has 1 N–H and O–H groups in total. The van der Waals surface area contributed by atoms with E-state index in [1.807, 2.05) is 17.5 Å². The van der Waals surface area contributed by atoms with Gasteiger partial charge in [0.2, 0.25) is 0 Å². The van der Waals surface area contributed by atoms with E-state index in [1.165, 1.54) is 11.3 Å². The van der Waals surface area contributed by atoms with Crippen molar-refractivity contribution < 1.29 is 19.4 Å². The van der Waals surface area contributed by atoms with Crippen molar-refractivity contribution in [3.63, 3.8) is 0 Å². The highest BCUT2D eigenvalue weighted by atomic mass is 32.1. The van der Waals surface area contributed by atoms with E-state index >= 15 is 0 Å².